The Morgan fingerprint density at radius 1 is 1.43 bits per heavy atom. The van der Waals surface area contributed by atoms with Crippen LogP contribution in [0.15, 0.2) is 5.82 Å². The van der Waals surface area contributed by atoms with Crippen LogP contribution in [0.3, 0.4) is 0 Å². The molecule has 1 nitrogen and oxygen atoms in total. The average molecular weight is 116 g/mol. The summed E-state index contributed by atoms with van der Waals surface area (Å²) >= 11 is 0. The molecule has 0 aromatic heterocycles. The summed E-state index contributed by atoms with van der Waals surface area (Å²) in [6.07, 6.45) is 0. The van der Waals surface area contributed by atoms with Crippen LogP contribution in [0.1, 0.15) is 0 Å². The number of hydrogen-bond donors (Lipinski definition) is 1. The van der Waals surface area contributed by atoms with Crippen molar-refractivity contribution in [3.8, 4) is 0 Å². The van der Waals surface area contributed by atoms with Crippen molar-refractivity contribution in [2.45, 2.75) is 0 Å². The van der Waals surface area contributed by atoms with Gasteiger partial charge in [-0.3, -0.25) is 5.41 Å². The minimum Gasteiger partial charge on any atom is -0.256 e. The zero-order valence-electron chi connectivity index (χ0n) is 5.02. The van der Waals surface area contributed by atoms with Crippen LogP contribution in [0.4, 0.5) is 0 Å². The number of rotatable bonds is 1. The van der Waals surface area contributed by atoms with E-state index in [-0.39, 0.29) is 0 Å². The smallest absolute Gasteiger partial charge is 0.117 e. The number of hydrogen-bond acceptors (Lipinski definition) is 1. The van der Waals surface area contributed by atoms with Gasteiger partial charge in [0.1, 0.15) is 5.82 Å². The summed E-state index contributed by atoms with van der Waals surface area (Å²) in [5.74, 6) is 4.12. The predicted molar refractivity (Wildman–Crippen MR) is 37.0 cm³/mol. The van der Waals surface area contributed by atoms with Gasteiger partial charge < -0.3 is 0 Å². The van der Waals surface area contributed by atoms with E-state index in [9.17, 15) is 0 Å². The maximum atomic E-state index is 6.58. The lowest BCUT2D eigenvalue weighted by Gasteiger charge is -1.98. The molecule has 0 aliphatic rings. The van der Waals surface area contributed by atoms with Gasteiger partial charge in [-0.15, -0.1) is 0 Å². The second-order valence-corrected chi connectivity index (χ2v) is 6.88. The fraction of sp³-hybridized carbons (Fsp3) is 0.600. The van der Waals surface area contributed by atoms with Crippen LogP contribution in [-0.2, 0) is 0 Å². The third-order valence-electron chi connectivity index (χ3n) is 0.452. The second-order valence-electron chi connectivity index (χ2n) is 2.39. The van der Waals surface area contributed by atoms with E-state index < -0.39 is 7.26 Å². The first-order chi connectivity index (χ1) is 3.06. The average Bonchev–Trinajstić information content (AvgIpc) is 1.30. The molecule has 2 heteroatoms. The summed E-state index contributed by atoms with van der Waals surface area (Å²) in [7, 11) is -0.839. The molecule has 1 N–H and O–H groups in total. The van der Waals surface area contributed by atoms with Crippen molar-refractivity contribution in [3.05, 3.63) is 5.82 Å². The van der Waals surface area contributed by atoms with Gasteiger partial charge in [-0.05, 0) is 0 Å². The van der Waals surface area contributed by atoms with Crippen LogP contribution in [0.5, 0.6) is 0 Å². The zero-order valence-corrected chi connectivity index (χ0v) is 5.92. The molecule has 0 rings (SSSR count). The maximum Gasteiger partial charge on any atom is 0.117 e. The van der Waals surface area contributed by atoms with Crippen molar-refractivity contribution in [2.24, 2.45) is 0 Å². The molecule has 0 fully saturated rings. The largest absolute Gasteiger partial charge is 0.256 e. The highest BCUT2D eigenvalue weighted by atomic mass is 31.2. The maximum absolute atomic E-state index is 6.58. The Balaban J connectivity index is 3.80. The van der Waals surface area contributed by atoms with E-state index in [1.165, 1.54) is 0 Å². The fourth-order valence-corrected chi connectivity index (χ4v) is 0.581. The molecule has 0 aliphatic heterocycles. The molecule has 0 spiro atoms. The first-order valence-electron chi connectivity index (χ1n) is 2.14. The Labute approximate surface area is 45.3 Å². The molecule has 0 bridgehead atoms. The highest BCUT2D eigenvalue weighted by Crippen LogP contribution is 2.46. The van der Waals surface area contributed by atoms with Crippen molar-refractivity contribution in [1.29, 1.82) is 5.41 Å². The molecule has 0 aromatic rings. The Hall–Kier alpha value is -0.120. The van der Waals surface area contributed by atoms with Crippen molar-refractivity contribution >= 4 is 13.1 Å². The molecular formula is C5H11NP+. The molecular weight excluding hydrogens is 105 g/mol. The first-order valence-corrected chi connectivity index (χ1v) is 5.34. The normalized spacial score (nSPS) is 10.1. The summed E-state index contributed by atoms with van der Waals surface area (Å²) in [6, 6.07) is 0. The highest BCUT2D eigenvalue weighted by molar-refractivity contribution is 7.77. The van der Waals surface area contributed by atoms with Gasteiger partial charge >= 0.3 is 0 Å². The molecule has 0 saturated heterocycles. The van der Waals surface area contributed by atoms with Gasteiger partial charge in [-0.2, -0.15) is 0 Å². The third kappa shape index (κ3) is 5.88. The van der Waals surface area contributed by atoms with E-state index in [4.69, 9.17) is 5.41 Å². The molecule has 40 valence electrons. The molecule has 0 saturated carbocycles. The van der Waals surface area contributed by atoms with E-state index in [1.807, 2.05) is 5.82 Å². The second kappa shape index (κ2) is 2.26. The van der Waals surface area contributed by atoms with Gasteiger partial charge in [0.2, 0.25) is 0 Å². The zero-order chi connectivity index (χ0) is 5.91. The topological polar surface area (TPSA) is 23.9 Å². The van der Waals surface area contributed by atoms with Gasteiger partial charge in [0.15, 0.2) is 0 Å². The molecule has 7 heavy (non-hydrogen) atoms. The van der Waals surface area contributed by atoms with Crippen molar-refractivity contribution in [3.63, 3.8) is 0 Å². The molecule has 0 heterocycles. The van der Waals surface area contributed by atoms with Gasteiger partial charge in [0.25, 0.3) is 0 Å². The molecule has 0 amide bonds. The Kier molecular flexibility index (Phi) is 2.22. The summed E-state index contributed by atoms with van der Waals surface area (Å²) in [5.41, 5.74) is 0. The van der Waals surface area contributed by atoms with Crippen LogP contribution in [0.2, 0.25) is 0 Å². The Bertz CT molecular complexity index is 95.1. The van der Waals surface area contributed by atoms with E-state index in [2.05, 4.69) is 25.9 Å². The van der Waals surface area contributed by atoms with Crippen LogP contribution >= 0.6 is 7.26 Å². The summed E-state index contributed by atoms with van der Waals surface area (Å²) in [5, 5.41) is 6.58. The highest BCUT2D eigenvalue weighted by Gasteiger charge is 2.10. The Morgan fingerprint density at radius 2 is 1.86 bits per heavy atom. The third-order valence-corrected chi connectivity index (χ3v) is 1.36. The van der Waals surface area contributed by atoms with Gasteiger partial charge in [0.05, 0.1) is 20.0 Å². The monoisotopic (exact) mass is 116 g/mol. The van der Waals surface area contributed by atoms with Gasteiger partial charge in [-0.25, -0.2) is 0 Å². The van der Waals surface area contributed by atoms with E-state index in [0.29, 0.717) is 0 Å². The SMILES string of the molecule is C[P+](C)(C)C=C=N. The minimum atomic E-state index is -0.839. The molecule has 0 aliphatic carbocycles. The quantitative estimate of drug-likeness (QED) is 0.398. The standard InChI is InChI=1S/C5H11NP/c1-7(2,3)5-4-6/h5-6H,1-3H3/q+1. The van der Waals surface area contributed by atoms with Crippen molar-refractivity contribution in [1.82, 2.24) is 0 Å². The van der Waals surface area contributed by atoms with Gasteiger partial charge in [-0.1, -0.05) is 0 Å². The van der Waals surface area contributed by atoms with Crippen molar-refractivity contribution < 1.29 is 0 Å². The lowest BCUT2D eigenvalue weighted by Crippen LogP contribution is -1.75. The molecule has 0 aromatic carbocycles. The van der Waals surface area contributed by atoms with Crippen LogP contribution in [0, 0.1) is 5.41 Å². The Morgan fingerprint density at radius 3 is 1.86 bits per heavy atom. The van der Waals surface area contributed by atoms with Crippen LogP contribution < -0.4 is 0 Å². The van der Waals surface area contributed by atoms with E-state index >= 15 is 0 Å². The lowest BCUT2D eigenvalue weighted by molar-refractivity contribution is 1.60. The molecule has 0 atom stereocenters. The molecule has 0 radical (unpaired) electrons. The van der Waals surface area contributed by atoms with Crippen molar-refractivity contribution in [2.75, 3.05) is 20.0 Å². The summed E-state index contributed by atoms with van der Waals surface area (Å²) in [6.45, 7) is 6.44. The van der Waals surface area contributed by atoms with Crippen LogP contribution in [-0.4, -0.2) is 25.9 Å². The predicted octanol–water partition coefficient (Wildman–Crippen LogP) is 1.66. The number of nitrogens with one attached hydrogen (secondary N) is 1. The first kappa shape index (κ1) is 6.88. The summed E-state index contributed by atoms with van der Waals surface area (Å²) < 4.78 is 0. The van der Waals surface area contributed by atoms with E-state index in [0.717, 1.165) is 0 Å². The van der Waals surface area contributed by atoms with Crippen LogP contribution in [0.25, 0.3) is 0 Å². The lowest BCUT2D eigenvalue weighted by atomic mass is 11.2. The minimum absolute atomic E-state index is 0.839. The molecule has 0 unspecified atom stereocenters. The fourth-order valence-electron chi connectivity index (χ4n) is 0.194. The summed E-state index contributed by atoms with van der Waals surface area (Å²) in [4.78, 5) is 0. The van der Waals surface area contributed by atoms with E-state index in [1.54, 1.807) is 0 Å². The van der Waals surface area contributed by atoms with Gasteiger partial charge in [0, 0.05) is 13.1 Å².